The van der Waals surface area contributed by atoms with E-state index in [0.29, 0.717) is 4.83 Å². The minimum atomic E-state index is 0.237. The van der Waals surface area contributed by atoms with Crippen molar-refractivity contribution in [2.24, 2.45) is 0 Å². The second-order valence-electron chi connectivity index (χ2n) is 11.3. The van der Waals surface area contributed by atoms with Crippen molar-refractivity contribution in [3.8, 4) is 0 Å². The third-order valence-electron chi connectivity index (χ3n) is 8.09. The van der Waals surface area contributed by atoms with Crippen LogP contribution in [-0.4, -0.2) is 10.9 Å². The fourth-order valence-electron chi connectivity index (χ4n) is 5.68. The van der Waals surface area contributed by atoms with Crippen LogP contribution in [-0.2, 0) is 12.8 Å². The molecule has 2 aliphatic rings. The predicted molar refractivity (Wildman–Crippen MR) is 189 cm³/mol. The van der Waals surface area contributed by atoms with Gasteiger partial charge in [-0.15, -0.1) is 0 Å². The van der Waals surface area contributed by atoms with Crippen LogP contribution in [0, 0.1) is 0 Å². The van der Waals surface area contributed by atoms with Crippen molar-refractivity contribution in [3.63, 3.8) is 0 Å². The molecule has 0 saturated heterocycles. The van der Waals surface area contributed by atoms with Crippen molar-refractivity contribution in [2.45, 2.75) is 76.1 Å². The molecule has 5 rings (SSSR count). The van der Waals surface area contributed by atoms with Gasteiger partial charge < -0.3 is 9.80 Å². The van der Waals surface area contributed by atoms with Crippen LogP contribution in [0.3, 0.4) is 0 Å². The Labute approximate surface area is 269 Å². The average Bonchev–Trinajstić information content (AvgIpc) is 3.03. The normalized spacial score (nSPS) is 18.0. The zero-order chi connectivity index (χ0) is 29.3. The Bertz CT molecular complexity index is 1420. The van der Waals surface area contributed by atoms with Gasteiger partial charge in [-0.2, -0.15) is 0 Å². The largest absolute Gasteiger partial charge is 0.335 e. The van der Waals surface area contributed by atoms with Gasteiger partial charge in [0.2, 0.25) is 0 Å². The molecule has 0 amide bonds. The Hall–Kier alpha value is -2.82. The van der Waals surface area contributed by atoms with Crippen LogP contribution >= 0.6 is 31.9 Å². The van der Waals surface area contributed by atoms with Gasteiger partial charge in [0.15, 0.2) is 0 Å². The summed E-state index contributed by atoms with van der Waals surface area (Å²) in [4.78, 5) is 5.29. The van der Waals surface area contributed by atoms with Gasteiger partial charge in [-0.3, -0.25) is 0 Å². The van der Waals surface area contributed by atoms with E-state index in [2.05, 4.69) is 165 Å². The first-order valence-electron chi connectivity index (χ1n) is 15.5. The van der Waals surface area contributed by atoms with E-state index >= 15 is 0 Å². The van der Waals surface area contributed by atoms with Gasteiger partial charge >= 0.3 is 0 Å². The lowest BCUT2D eigenvalue weighted by Crippen LogP contribution is -2.34. The van der Waals surface area contributed by atoms with Crippen molar-refractivity contribution < 1.29 is 0 Å². The van der Waals surface area contributed by atoms with Crippen LogP contribution in [0.15, 0.2) is 125 Å². The highest BCUT2D eigenvalue weighted by Crippen LogP contribution is 2.36. The maximum atomic E-state index is 3.76. The van der Waals surface area contributed by atoms with E-state index in [-0.39, 0.29) is 6.04 Å². The Morgan fingerprint density at radius 1 is 0.643 bits per heavy atom. The van der Waals surface area contributed by atoms with E-state index < -0.39 is 0 Å². The number of hydrogen-bond acceptors (Lipinski definition) is 2. The van der Waals surface area contributed by atoms with E-state index in [4.69, 9.17) is 0 Å². The number of unbranched alkanes of at least 4 members (excludes halogenated alkanes) is 2. The highest BCUT2D eigenvalue weighted by atomic mass is 79.9. The third-order valence-corrected chi connectivity index (χ3v) is 9.29. The zero-order valence-corrected chi connectivity index (χ0v) is 28.0. The molecule has 3 aromatic carbocycles. The molecule has 0 aliphatic heterocycles. The molecule has 0 spiro atoms. The van der Waals surface area contributed by atoms with Crippen LogP contribution in [0.25, 0.3) is 0 Å². The summed E-state index contributed by atoms with van der Waals surface area (Å²) in [5, 5.41) is 0. The van der Waals surface area contributed by atoms with Crippen LogP contribution in [0.2, 0.25) is 0 Å². The lowest BCUT2D eigenvalue weighted by Gasteiger charge is -2.36. The van der Waals surface area contributed by atoms with Gasteiger partial charge in [0.05, 0.1) is 6.04 Å². The van der Waals surface area contributed by atoms with Gasteiger partial charge in [0, 0.05) is 37.8 Å². The predicted octanol–water partition coefficient (Wildman–Crippen LogP) is 11.6. The fraction of sp³-hybridized carbons (Fsp3) is 0.316. The molecule has 0 aromatic heterocycles. The van der Waals surface area contributed by atoms with Crippen molar-refractivity contribution in [1.29, 1.82) is 0 Å². The molecule has 0 heterocycles. The van der Waals surface area contributed by atoms with E-state index in [0.717, 1.165) is 35.8 Å². The summed E-state index contributed by atoms with van der Waals surface area (Å²) in [7, 11) is 0. The SMILES string of the molecule is CCCCc1ccc(N(C2=CCC(N(C3=CCC(Br)C=C3)c3ccc(CCCC)cc3)C=C2)c2ccc(Br)cc2)cc1. The van der Waals surface area contributed by atoms with E-state index in [1.165, 1.54) is 59.6 Å². The third kappa shape index (κ3) is 7.76. The average molecular weight is 687 g/mol. The molecule has 4 heteroatoms. The number of rotatable bonds is 12. The number of allylic oxidation sites excluding steroid dienone is 4. The number of alkyl halides is 1. The minimum Gasteiger partial charge on any atom is -0.335 e. The van der Waals surface area contributed by atoms with Crippen molar-refractivity contribution in [2.75, 3.05) is 9.80 Å². The molecule has 218 valence electrons. The summed E-state index contributed by atoms with van der Waals surface area (Å²) in [5.74, 6) is 0. The van der Waals surface area contributed by atoms with E-state index in [1.807, 2.05) is 0 Å². The summed E-state index contributed by atoms with van der Waals surface area (Å²) in [5.41, 5.74) is 8.90. The number of benzene rings is 3. The number of nitrogens with zero attached hydrogens (tertiary/aromatic N) is 2. The molecule has 0 radical (unpaired) electrons. The van der Waals surface area contributed by atoms with Crippen LogP contribution < -0.4 is 9.80 Å². The number of halogens is 2. The second kappa shape index (κ2) is 15.1. The van der Waals surface area contributed by atoms with E-state index in [9.17, 15) is 0 Å². The van der Waals surface area contributed by atoms with Crippen molar-refractivity contribution >= 4 is 48.9 Å². The monoisotopic (exact) mass is 684 g/mol. The highest BCUT2D eigenvalue weighted by Gasteiger charge is 2.24. The van der Waals surface area contributed by atoms with Gasteiger partial charge in [-0.25, -0.2) is 0 Å². The fourth-order valence-corrected chi connectivity index (χ4v) is 6.29. The molecule has 3 aromatic rings. The van der Waals surface area contributed by atoms with Gasteiger partial charge in [-0.1, -0.05) is 107 Å². The van der Waals surface area contributed by atoms with Gasteiger partial charge in [-0.05, 0) is 110 Å². The molecule has 42 heavy (non-hydrogen) atoms. The van der Waals surface area contributed by atoms with E-state index in [1.54, 1.807) is 0 Å². The highest BCUT2D eigenvalue weighted by molar-refractivity contribution is 9.10. The Morgan fingerprint density at radius 2 is 1.17 bits per heavy atom. The molecule has 0 fully saturated rings. The smallest absolute Gasteiger partial charge is 0.0561 e. The maximum absolute atomic E-state index is 3.76. The Kier molecular flexibility index (Phi) is 11.0. The quantitative estimate of drug-likeness (QED) is 0.175. The summed E-state index contributed by atoms with van der Waals surface area (Å²) >= 11 is 7.38. The number of aryl methyl sites for hydroxylation is 2. The topological polar surface area (TPSA) is 6.48 Å². The van der Waals surface area contributed by atoms with Crippen molar-refractivity contribution in [3.05, 3.63) is 136 Å². The summed E-state index contributed by atoms with van der Waals surface area (Å²) in [6.45, 7) is 4.51. The lowest BCUT2D eigenvalue weighted by atomic mass is 9.99. The summed E-state index contributed by atoms with van der Waals surface area (Å²) < 4.78 is 1.09. The summed E-state index contributed by atoms with van der Waals surface area (Å²) in [6, 6.07) is 27.2. The standard InChI is InChI=1S/C38H42Br2N2/c1-3-5-7-29-9-17-33(18-10-29)41(35-21-13-31(39)14-22-35)37-25-27-38(28-26-37)42(36-23-15-32(40)16-24-36)34-19-11-30(12-20-34)8-6-4-2/h9-15,17-27,32,38H,3-8,16,28H2,1-2H3. The summed E-state index contributed by atoms with van der Waals surface area (Å²) in [6.07, 6.45) is 23.1. The Balaban J connectivity index is 1.43. The number of hydrogen-bond donors (Lipinski definition) is 0. The zero-order valence-electron chi connectivity index (χ0n) is 24.9. The van der Waals surface area contributed by atoms with Crippen LogP contribution in [0.1, 0.15) is 63.5 Å². The molecular formula is C38H42Br2N2. The Morgan fingerprint density at radius 3 is 1.67 bits per heavy atom. The molecular weight excluding hydrogens is 644 g/mol. The first-order chi connectivity index (χ1) is 20.6. The van der Waals surface area contributed by atoms with Gasteiger partial charge in [0.1, 0.15) is 0 Å². The second-order valence-corrected chi connectivity index (χ2v) is 13.3. The number of anilines is 3. The lowest BCUT2D eigenvalue weighted by molar-refractivity contribution is 0.748. The molecule has 0 N–H and O–H groups in total. The molecule has 2 aliphatic carbocycles. The molecule has 0 saturated carbocycles. The first-order valence-corrected chi connectivity index (χ1v) is 17.2. The minimum absolute atomic E-state index is 0.237. The molecule has 2 atom stereocenters. The van der Waals surface area contributed by atoms with Crippen molar-refractivity contribution in [1.82, 2.24) is 0 Å². The first kappa shape index (κ1) is 30.6. The maximum Gasteiger partial charge on any atom is 0.0561 e. The molecule has 2 nitrogen and oxygen atoms in total. The van der Waals surface area contributed by atoms with Crippen LogP contribution in [0.5, 0.6) is 0 Å². The molecule has 2 unspecified atom stereocenters. The molecule has 0 bridgehead atoms. The van der Waals surface area contributed by atoms with Gasteiger partial charge in [0.25, 0.3) is 0 Å². The van der Waals surface area contributed by atoms with Crippen LogP contribution in [0.4, 0.5) is 17.1 Å².